The van der Waals surface area contributed by atoms with Crippen LogP contribution >= 0.6 is 12.2 Å². The molecule has 0 aliphatic carbocycles. The fourth-order valence-corrected chi connectivity index (χ4v) is 1.32. The van der Waals surface area contributed by atoms with E-state index in [4.69, 9.17) is 17.5 Å². The van der Waals surface area contributed by atoms with Gasteiger partial charge in [0.1, 0.15) is 0 Å². The van der Waals surface area contributed by atoms with E-state index in [0.29, 0.717) is 22.8 Å². The number of carbonyl (C=O) groups excluding carboxylic acids is 1. The van der Waals surface area contributed by atoms with E-state index in [1.807, 2.05) is 13.0 Å². The summed E-state index contributed by atoms with van der Waals surface area (Å²) in [7, 11) is 0. The van der Waals surface area contributed by atoms with Crippen LogP contribution < -0.4 is 16.2 Å². The number of hydrogen-bond acceptors (Lipinski definition) is 3. The molecule has 17 heavy (non-hydrogen) atoms. The monoisotopic (exact) mass is 248 g/mol. The first-order valence-electron chi connectivity index (χ1n) is 5.01. The summed E-state index contributed by atoms with van der Waals surface area (Å²) < 4.78 is 0. The number of thiocarbonyl (C=S) groups is 1. The minimum atomic E-state index is -0.345. The number of rotatable bonds is 2. The molecule has 0 unspecified atom stereocenters. The van der Waals surface area contributed by atoms with Gasteiger partial charge in [-0.25, -0.2) is 0 Å². The molecule has 6 heteroatoms. The maximum absolute atomic E-state index is 11.7. The predicted octanol–water partition coefficient (Wildman–Crippen LogP) is 0.687. The van der Waals surface area contributed by atoms with Crippen molar-refractivity contribution < 1.29 is 4.79 Å². The highest BCUT2D eigenvalue weighted by Crippen LogP contribution is 2.03. The second-order valence-electron chi connectivity index (χ2n) is 3.13. The average Bonchev–Trinajstić information content (AvgIpc) is 2.36. The molecule has 3 N–H and O–H groups in total. The molecule has 88 valence electrons. The van der Waals surface area contributed by atoms with Gasteiger partial charge in [-0.15, -0.1) is 0 Å². The molecule has 1 amide bonds. The summed E-state index contributed by atoms with van der Waals surface area (Å²) in [6, 6.07) is 8.38. The minimum Gasteiger partial charge on any atom is -0.362 e. The van der Waals surface area contributed by atoms with E-state index in [2.05, 4.69) is 16.2 Å². The molecule has 1 aromatic carbocycles. The Morgan fingerprint density at radius 1 is 1.47 bits per heavy atom. The van der Waals surface area contributed by atoms with E-state index in [1.54, 1.807) is 18.2 Å². The normalized spacial score (nSPS) is 8.94. The zero-order valence-corrected chi connectivity index (χ0v) is 10.1. The van der Waals surface area contributed by atoms with Crippen molar-refractivity contribution in [3.05, 3.63) is 35.4 Å². The summed E-state index contributed by atoms with van der Waals surface area (Å²) in [5.74, 6) is -0.345. The van der Waals surface area contributed by atoms with Gasteiger partial charge in [-0.3, -0.25) is 15.6 Å². The Hall–Kier alpha value is -2.13. The third-order valence-electron chi connectivity index (χ3n) is 1.88. The zero-order chi connectivity index (χ0) is 12.7. The van der Waals surface area contributed by atoms with Gasteiger partial charge in [0.2, 0.25) is 0 Å². The van der Waals surface area contributed by atoms with Crippen molar-refractivity contribution in [2.24, 2.45) is 0 Å². The maximum atomic E-state index is 11.7. The Labute approximate surface area is 105 Å². The van der Waals surface area contributed by atoms with Gasteiger partial charge in [-0.2, -0.15) is 5.26 Å². The molecule has 0 aliphatic heterocycles. The van der Waals surface area contributed by atoms with Gasteiger partial charge in [0.15, 0.2) is 5.11 Å². The van der Waals surface area contributed by atoms with E-state index >= 15 is 0 Å². The number of nitrogens with one attached hydrogen (secondary N) is 3. The first-order valence-corrected chi connectivity index (χ1v) is 5.42. The molecule has 0 aliphatic rings. The van der Waals surface area contributed by atoms with Crippen LogP contribution in [-0.2, 0) is 0 Å². The Morgan fingerprint density at radius 2 is 2.24 bits per heavy atom. The number of hydrogen-bond donors (Lipinski definition) is 3. The van der Waals surface area contributed by atoms with Crippen LogP contribution in [0.25, 0.3) is 0 Å². The molecule has 5 nitrogen and oxygen atoms in total. The highest BCUT2D eigenvalue weighted by molar-refractivity contribution is 7.80. The molecule has 0 radical (unpaired) electrons. The summed E-state index contributed by atoms with van der Waals surface area (Å²) in [6.45, 7) is 2.57. The number of carbonyl (C=O) groups is 1. The molecular weight excluding hydrogens is 236 g/mol. The molecule has 1 rings (SSSR count). The van der Waals surface area contributed by atoms with Crippen molar-refractivity contribution in [1.29, 1.82) is 5.26 Å². The van der Waals surface area contributed by atoms with Crippen LogP contribution in [0.15, 0.2) is 24.3 Å². The van der Waals surface area contributed by atoms with E-state index in [0.717, 1.165) is 0 Å². The number of benzene rings is 1. The first-order chi connectivity index (χ1) is 8.17. The van der Waals surface area contributed by atoms with Gasteiger partial charge in [0.05, 0.1) is 11.6 Å². The number of amides is 1. The van der Waals surface area contributed by atoms with Gasteiger partial charge in [0.25, 0.3) is 5.91 Å². The van der Waals surface area contributed by atoms with Crippen molar-refractivity contribution in [3.8, 4) is 6.07 Å². The molecule has 0 spiro atoms. The van der Waals surface area contributed by atoms with Gasteiger partial charge in [-0.1, -0.05) is 6.07 Å². The summed E-state index contributed by atoms with van der Waals surface area (Å²) in [5.41, 5.74) is 5.83. The van der Waals surface area contributed by atoms with Crippen LogP contribution in [0.2, 0.25) is 0 Å². The molecule has 0 aromatic heterocycles. The van der Waals surface area contributed by atoms with Crippen molar-refractivity contribution in [1.82, 2.24) is 16.2 Å². The highest BCUT2D eigenvalue weighted by Gasteiger charge is 2.05. The molecule has 0 fully saturated rings. The van der Waals surface area contributed by atoms with Gasteiger partial charge >= 0.3 is 0 Å². The number of nitrogens with zero attached hydrogens (tertiary/aromatic N) is 1. The standard InChI is InChI=1S/C11H12N4OS/c1-2-13-11(17)15-14-10(16)9-5-3-4-8(6-9)7-12/h3-6H,2H2,1H3,(H,14,16)(H2,13,15,17). The molecule has 0 heterocycles. The fraction of sp³-hybridized carbons (Fsp3) is 0.182. The van der Waals surface area contributed by atoms with Crippen molar-refractivity contribution >= 4 is 23.2 Å². The van der Waals surface area contributed by atoms with Gasteiger partial charge in [-0.05, 0) is 37.3 Å². The van der Waals surface area contributed by atoms with Crippen LogP contribution in [0.1, 0.15) is 22.8 Å². The van der Waals surface area contributed by atoms with E-state index in [1.165, 1.54) is 6.07 Å². The molecule has 0 bridgehead atoms. The molecule has 1 aromatic rings. The molecule has 0 saturated heterocycles. The Balaban J connectivity index is 2.58. The number of nitriles is 1. The van der Waals surface area contributed by atoms with Crippen LogP contribution in [0, 0.1) is 11.3 Å². The summed E-state index contributed by atoms with van der Waals surface area (Å²) in [6.07, 6.45) is 0. The van der Waals surface area contributed by atoms with Crippen molar-refractivity contribution in [3.63, 3.8) is 0 Å². The number of hydrazine groups is 1. The highest BCUT2D eigenvalue weighted by atomic mass is 32.1. The zero-order valence-electron chi connectivity index (χ0n) is 9.28. The maximum Gasteiger partial charge on any atom is 0.269 e. The third-order valence-corrected chi connectivity index (χ3v) is 2.13. The Bertz CT molecular complexity index is 467. The summed E-state index contributed by atoms with van der Waals surface area (Å²) in [5, 5.41) is 11.9. The van der Waals surface area contributed by atoms with E-state index in [9.17, 15) is 4.79 Å². The van der Waals surface area contributed by atoms with Crippen LogP contribution in [0.5, 0.6) is 0 Å². The van der Waals surface area contributed by atoms with E-state index < -0.39 is 0 Å². The van der Waals surface area contributed by atoms with Gasteiger partial charge < -0.3 is 5.32 Å². The minimum absolute atomic E-state index is 0.345. The lowest BCUT2D eigenvalue weighted by Crippen LogP contribution is -2.46. The lowest BCUT2D eigenvalue weighted by Gasteiger charge is -2.10. The Morgan fingerprint density at radius 3 is 2.88 bits per heavy atom. The predicted molar refractivity (Wildman–Crippen MR) is 68.0 cm³/mol. The molecule has 0 atom stereocenters. The lowest BCUT2D eigenvalue weighted by atomic mass is 10.1. The summed E-state index contributed by atoms with van der Waals surface area (Å²) >= 11 is 4.88. The fourth-order valence-electron chi connectivity index (χ4n) is 1.12. The van der Waals surface area contributed by atoms with Crippen LogP contribution in [-0.4, -0.2) is 17.6 Å². The quantitative estimate of drug-likeness (QED) is 0.530. The van der Waals surface area contributed by atoms with Crippen molar-refractivity contribution in [2.45, 2.75) is 6.92 Å². The molecule has 0 saturated carbocycles. The average molecular weight is 248 g/mol. The van der Waals surface area contributed by atoms with Crippen molar-refractivity contribution in [2.75, 3.05) is 6.54 Å². The molecular formula is C11H12N4OS. The first kappa shape index (κ1) is 12.9. The summed E-state index contributed by atoms with van der Waals surface area (Å²) in [4.78, 5) is 11.7. The Kier molecular flexibility index (Phi) is 4.91. The lowest BCUT2D eigenvalue weighted by molar-refractivity contribution is 0.0943. The topological polar surface area (TPSA) is 76.9 Å². The second-order valence-corrected chi connectivity index (χ2v) is 3.54. The third kappa shape index (κ3) is 4.09. The van der Waals surface area contributed by atoms with Gasteiger partial charge in [0, 0.05) is 12.1 Å². The SMILES string of the molecule is CCNC(=S)NNC(=O)c1cccc(C#N)c1. The van der Waals surface area contributed by atoms with Crippen LogP contribution in [0.4, 0.5) is 0 Å². The smallest absolute Gasteiger partial charge is 0.269 e. The van der Waals surface area contributed by atoms with E-state index in [-0.39, 0.29) is 5.91 Å². The van der Waals surface area contributed by atoms with Crippen LogP contribution in [0.3, 0.4) is 0 Å². The second kappa shape index (κ2) is 6.45. The largest absolute Gasteiger partial charge is 0.362 e.